The summed E-state index contributed by atoms with van der Waals surface area (Å²) in [6.45, 7) is 4.62. The minimum absolute atomic E-state index is 0.268. The Morgan fingerprint density at radius 3 is 2.48 bits per heavy atom. The van der Waals surface area contributed by atoms with Gasteiger partial charge in [-0.3, -0.25) is 9.59 Å². The molecule has 0 saturated carbocycles. The number of hydrogen-bond donors (Lipinski definition) is 2. The Morgan fingerprint density at radius 2 is 1.78 bits per heavy atom. The largest absolute Gasteiger partial charge is 0.480 e. The van der Waals surface area contributed by atoms with Crippen molar-refractivity contribution in [2.45, 2.75) is 26.4 Å². The molecule has 0 bridgehead atoms. The number of ether oxygens (including phenoxy) is 2. The zero-order valence-corrected chi connectivity index (χ0v) is 16.0. The standard InChI is InChI=1S/C21H26N2O4/c1-4-18(27-19-12-8-5-9-15(19)2)21(25)23-17-11-7-6-10-16(17)20(24)22-13-14-26-3/h5-12,18H,4,13-14H2,1-3H3,(H,22,24)(H,23,25)/t18-/m0/s1. The van der Waals surface area contributed by atoms with Crippen LogP contribution in [0.15, 0.2) is 48.5 Å². The number of amides is 2. The van der Waals surface area contributed by atoms with E-state index in [1.807, 2.05) is 38.1 Å². The summed E-state index contributed by atoms with van der Waals surface area (Å²) in [5.74, 6) is 0.110. The number of benzene rings is 2. The Bertz CT molecular complexity index is 776. The maximum absolute atomic E-state index is 12.7. The molecule has 27 heavy (non-hydrogen) atoms. The zero-order valence-electron chi connectivity index (χ0n) is 16.0. The third-order valence-electron chi connectivity index (χ3n) is 4.05. The Kier molecular flexibility index (Phi) is 7.82. The monoisotopic (exact) mass is 370 g/mol. The van der Waals surface area contributed by atoms with Gasteiger partial charge >= 0.3 is 0 Å². The second-order valence-corrected chi connectivity index (χ2v) is 6.06. The lowest BCUT2D eigenvalue weighted by molar-refractivity contribution is -0.122. The summed E-state index contributed by atoms with van der Waals surface area (Å²) in [5, 5.41) is 5.57. The molecule has 0 fully saturated rings. The Labute approximate surface area is 159 Å². The average Bonchev–Trinajstić information content (AvgIpc) is 2.67. The van der Waals surface area contributed by atoms with Crippen molar-refractivity contribution < 1.29 is 19.1 Å². The fraction of sp³-hybridized carbons (Fsp3) is 0.333. The molecule has 2 N–H and O–H groups in total. The van der Waals surface area contributed by atoms with Gasteiger partial charge in [-0.15, -0.1) is 0 Å². The number of para-hydroxylation sites is 2. The van der Waals surface area contributed by atoms with Gasteiger partial charge in [0.2, 0.25) is 0 Å². The van der Waals surface area contributed by atoms with Gasteiger partial charge in [0.15, 0.2) is 6.10 Å². The smallest absolute Gasteiger partial charge is 0.265 e. The quantitative estimate of drug-likeness (QED) is 0.665. The van der Waals surface area contributed by atoms with Crippen LogP contribution >= 0.6 is 0 Å². The first-order chi connectivity index (χ1) is 13.1. The van der Waals surface area contributed by atoms with E-state index in [1.54, 1.807) is 31.4 Å². The van der Waals surface area contributed by atoms with E-state index in [9.17, 15) is 9.59 Å². The van der Waals surface area contributed by atoms with Crippen LogP contribution in [0.3, 0.4) is 0 Å². The minimum Gasteiger partial charge on any atom is -0.480 e. The highest BCUT2D eigenvalue weighted by Crippen LogP contribution is 2.20. The van der Waals surface area contributed by atoms with Gasteiger partial charge in [0.05, 0.1) is 17.9 Å². The van der Waals surface area contributed by atoms with E-state index in [-0.39, 0.29) is 11.8 Å². The second kappa shape index (κ2) is 10.3. The Hall–Kier alpha value is -2.86. The van der Waals surface area contributed by atoms with E-state index in [4.69, 9.17) is 9.47 Å². The van der Waals surface area contributed by atoms with E-state index in [2.05, 4.69) is 10.6 Å². The van der Waals surface area contributed by atoms with Crippen molar-refractivity contribution in [2.75, 3.05) is 25.6 Å². The number of methoxy groups -OCH3 is 1. The fourth-order valence-electron chi connectivity index (χ4n) is 2.53. The first-order valence-electron chi connectivity index (χ1n) is 8.96. The summed E-state index contributed by atoms with van der Waals surface area (Å²) < 4.78 is 10.8. The number of aryl methyl sites for hydroxylation is 1. The topological polar surface area (TPSA) is 76.7 Å². The molecule has 0 saturated heterocycles. The molecule has 0 aliphatic rings. The van der Waals surface area contributed by atoms with Crippen LogP contribution < -0.4 is 15.4 Å². The highest BCUT2D eigenvalue weighted by atomic mass is 16.5. The van der Waals surface area contributed by atoms with Crippen LogP contribution in [0.25, 0.3) is 0 Å². The number of carbonyl (C=O) groups excluding carboxylic acids is 2. The molecule has 1 atom stereocenters. The molecular weight excluding hydrogens is 344 g/mol. The van der Waals surface area contributed by atoms with Crippen molar-refractivity contribution in [1.82, 2.24) is 5.32 Å². The predicted octanol–water partition coefficient (Wildman–Crippen LogP) is 3.17. The third-order valence-corrected chi connectivity index (χ3v) is 4.05. The lowest BCUT2D eigenvalue weighted by Crippen LogP contribution is -2.34. The van der Waals surface area contributed by atoms with E-state index in [1.165, 1.54) is 0 Å². The van der Waals surface area contributed by atoms with Gasteiger partial charge < -0.3 is 20.1 Å². The highest BCUT2D eigenvalue weighted by Gasteiger charge is 2.21. The molecule has 0 radical (unpaired) electrons. The van der Waals surface area contributed by atoms with Crippen LogP contribution in [0.5, 0.6) is 5.75 Å². The number of hydrogen-bond acceptors (Lipinski definition) is 4. The van der Waals surface area contributed by atoms with E-state index < -0.39 is 6.10 Å². The van der Waals surface area contributed by atoms with Crippen LogP contribution in [0.1, 0.15) is 29.3 Å². The molecule has 0 unspecified atom stereocenters. The minimum atomic E-state index is -0.657. The van der Waals surface area contributed by atoms with Crippen LogP contribution in [0, 0.1) is 6.92 Å². The van der Waals surface area contributed by atoms with Gasteiger partial charge in [-0.1, -0.05) is 37.3 Å². The van der Waals surface area contributed by atoms with E-state index in [0.29, 0.717) is 36.6 Å². The van der Waals surface area contributed by atoms with Gasteiger partial charge in [0.25, 0.3) is 11.8 Å². The average molecular weight is 370 g/mol. The van der Waals surface area contributed by atoms with Crippen molar-refractivity contribution >= 4 is 17.5 Å². The van der Waals surface area contributed by atoms with E-state index >= 15 is 0 Å². The fourth-order valence-corrected chi connectivity index (χ4v) is 2.53. The van der Waals surface area contributed by atoms with Crippen LogP contribution in [0.4, 0.5) is 5.69 Å². The van der Waals surface area contributed by atoms with Gasteiger partial charge in [-0.2, -0.15) is 0 Å². The number of anilines is 1. The van der Waals surface area contributed by atoms with Crippen molar-refractivity contribution in [3.05, 3.63) is 59.7 Å². The maximum atomic E-state index is 12.7. The van der Waals surface area contributed by atoms with Crippen molar-refractivity contribution in [3.63, 3.8) is 0 Å². The number of rotatable bonds is 9. The molecule has 0 heterocycles. The number of nitrogens with one attached hydrogen (secondary N) is 2. The molecule has 144 valence electrons. The Balaban J connectivity index is 2.09. The molecule has 0 spiro atoms. The van der Waals surface area contributed by atoms with Gasteiger partial charge in [-0.05, 0) is 37.1 Å². The summed E-state index contributed by atoms with van der Waals surface area (Å²) in [6.07, 6.45) is -0.154. The molecular formula is C21H26N2O4. The van der Waals surface area contributed by atoms with Crippen molar-refractivity contribution in [1.29, 1.82) is 0 Å². The molecule has 2 amide bonds. The van der Waals surface area contributed by atoms with Crippen LogP contribution in [0.2, 0.25) is 0 Å². The summed E-state index contributed by atoms with van der Waals surface area (Å²) in [6, 6.07) is 14.4. The first kappa shape index (κ1) is 20.5. The lowest BCUT2D eigenvalue weighted by Gasteiger charge is -2.19. The molecule has 2 aromatic carbocycles. The predicted molar refractivity (Wildman–Crippen MR) is 105 cm³/mol. The van der Waals surface area contributed by atoms with Crippen LogP contribution in [-0.2, 0) is 9.53 Å². The molecule has 2 aromatic rings. The summed E-state index contributed by atoms with van der Waals surface area (Å²) >= 11 is 0. The summed E-state index contributed by atoms with van der Waals surface area (Å²) in [4.78, 5) is 25.1. The van der Waals surface area contributed by atoms with Gasteiger partial charge in [-0.25, -0.2) is 0 Å². The molecule has 6 nitrogen and oxygen atoms in total. The molecule has 6 heteroatoms. The van der Waals surface area contributed by atoms with Crippen molar-refractivity contribution in [2.24, 2.45) is 0 Å². The zero-order chi connectivity index (χ0) is 19.6. The van der Waals surface area contributed by atoms with Crippen LogP contribution in [-0.4, -0.2) is 38.2 Å². The lowest BCUT2D eigenvalue weighted by atomic mass is 10.1. The van der Waals surface area contributed by atoms with E-state index in [0.717, 1.165) is 5.56 Å². The molecule has 0 aromatic heterocycles. The van der Waals surface area contributed by atoms with Gasteiger partial charge in [0.1, 0.15) is 5.75 Å². The Morgan fingerprint density at radius 1 is 1.07 bits per heavy atom. The number of carbonyl (C=O) groups is 2. The molecule has 0 aliphatic carbocycles. The SMILES string of the molecule is CC[C@H](Oc1ccccc1C)C(=O)Nc1ccccc1C(=O)NCCOC. The third kappa shape index (κ3) is 5.82. The molecule has 0 aliphatic heterocycles. The summed E-state index contributed by atoms with van der Waals surface area (Å²) in [5.41, 5.74) is 1.80. The second-order valence-electron chi connectivity index (χ2n) is 6.06. The molecule has 2 rings (SSSR count). The summed E-state index contributed by atoms with van der Waals surface area (Å²) in [7, 11) is 1.57. The maximum Gasteiger partial charge on any atom is 0.265 e. The highest BCUT2D eigenvalue weighted by molar-refractivity contribution is 6.04. The van der Waals surface area contributed by atoms with Gasteiger partial charge in [0, 0.05) is 13.7 Å². The van der Waals surface area contributed by atoms with Crippen molar-refractivity contribution in [3.8, 4) is 5.75 Å². The normalized spacial score (nSPS) is 11.5. The first-order valence-corrected chi connectivity index (χ1v) is 8.96.